The van der Waals surface area contributed by atoms with Crippen molar-refractivity contribution in [2.75, 3.05) is 7.11 Å². The highest BCUT2D eigenvalue weighted by atomic mass is 79.9. The number of hydrogen-bond acceptors (Lipinski definition) is 5. The fraction of sp³-hybridized carbons (Fsp3) is 0.0500. The SMILES string of the molecule is COc1ccc(C(=O)/C=C/c2ccc(-c3ccc(Br)cc3[N+](=O)[O-])o2)cc1. The summed E-state index contributed by atoms with van der Waals surface area (Å²) in [6.45, 7) is 0. The molecule has 27 heavy (non-hydrogen) atoms. The minimum atomic E-state index is -0.467. The maximum atomic E-state index is 12.2. The minimum absolute atomic E-state index is 0.0661. The summed E-state index contributed by atoms with van der Waals surface area (Å²) in [4.78, 5) is 23.0. The quantitative estimate of drug-likeness (QED) is 0.223. The summed E-state index contributed by atoms with van der Waals surface area (Å²) in [5.41, 5.74) is 0.815. The molecular weight excluding hydrogens is 414 g/mol. The van der Waals surface area contributed by atoms with Crippen LogP contribution in [0.5, 0.6) is 5.75 Å². The largest absolute Gasteiger partial charge is 0.497 e. The summed E-state index contributed by atoms with van der Waals surface area (Å²) in [5, 5.41) is 11.2. The van der Waals surface area contributed by atoms with Crippen LogP contribution in [0.15, 0.2) is 69.6 Å². The Hall–Kier alpha value is -3.19. The average Bonchev–Trinajstić information content (AvgIpc) is 3.15. The third kappa shape index (κ3) is 4.32. The number of ether oxygens (including phenoxy) is 1. The predicted octanol–water partition coefficient (Wildman–Crippen LogP) is 5.52. The molecule has 0 aliphatic carbocycles. The number of furan rings is 1. The molecule has 0 fully saturated rings. The first kappa shape index (κ1) is 18.6. The highest BCUT2D eigenvalue weighted by Crippen LogP contribution is 2.33. The van der Waals surface area contributed by atoms with Crippen LogP contribution in [-0.2, 0) is 0 Å². The van der Waals surface area contributed by atoms with Crippen LogP contribution in [0.2, 0.25) is 0 Å². The van der Waals surface area contributed by atoms with Crippen LogP contribution in [-0.4, -0.2) is 17.8 Å². The van der Waals surface area contributed by atoms with Gasteiger partial charge in [0.15, 0.2) is 5.78 Å². The van der Waals surface area contributed by atoms with E-state index < -0.39 is 4.92 Å². The molecule has 0 spiro atoms. The standard InChI is InChI=1S/C20H14BrNO5/c1-26-15-5-2-13(3-6-15)19(23)10-7-16-8-11-20(27-16)17-9-4-14(21)12-18(17)22(24)25/h2-12H,1H3/b10-7+. The van der Waals surface area contributed by atoms with Gasteiger partial charge in [-0.05, 0) is 60.7 Å². The number of hydrogen-bond donors (Lipinski definition) is 0. The Morgan fingerprint density at radius 1 is 1.15 bits per heavy atom. The van der Waals surface area contributed by atoms with Crippen LogP contribution in [0.3, 0.4) is 0 Å². The molecule has 0 radical (unpaired) electrons. The molecule has 0 bridgehead atoms. The van der Waals surface area contributed by atoms with Crippen LogP contribution in [0.1, 0.15) is 16.1 Å². The lowest BCUT2D eigenvalue weighted by Gasteiger charge is -2.00. The number of nitrogens with zero attached hydrogens (tertiary/aromatic N) is 1. The number of methoxy groups -OCH3 is 1. The van der Waals surface area contributed by atoms with E-state index in [0.717, 1.165) is 0 Å². The van der Waals surface area contributed by atoms with E-state index in [2.05, 4.69) is 15.9 Å². The molecule has 0 saturated carbocycles. The second-order valence-corrected chi connectivity index (χ2v) is 6.46. The molecule has 3 aromatic rings. The smallest absolute Gasteiger partial charge is 0.281 e. The van der Waals surface area contributed by atoms with Gasteiger partial charge < -0.3 is 9.15 Å². The van der Waals surface area contributed by atoms with E-state index >= 15 is 0 Å². The zero-order valence-corrected chi connectivity index (χ0v) is 15.8. The lowest BCUT2D eigenvalue weighted by Crippen LogP contribution is -1.93. The highest BCUT2D eigenvalue weighted by Gasteiger charge is 2.18. The second kappa shape index (κ2) is 8.01. The van der Waals surface area contributed by atoms with E-state index in [1.165, 1.54) is 18.2 Å². The predicted molar refractivity (Wildman–Crippen MR) is 105 cm³/mol. The number of halogens is 1. The molecule has 2 aromatic carbocycles. The van der Waals surface area contributed by atoms with Gasteiger partial charge in [0.1, 0.15) is 17.3 Å². The fourth-order valence-electron chi connectivity index (χ4n) is 2.46. The lowest BCUT2D eigenvalue weighted by atomic mass is 10.1. The normalized spacial score (nSPS) is 10.9. The van der Waals surface area contributed by atoms with E-state index in [1.54, 1.807) is 55.6 Å². The van der Waals surface area contributed by atoms with Crippen LogP contribution in [0.25, 0.3) is 17.4 Å². The Balaban J connectivity index is 1.81. The van der Waals surface area contributed by atoms with E-state index in [-0.39, 0.29) is 11.5 Å². The molecule has 0 saturated heterocycles. The Kier molecular flexibility index (Phi) is 5.52. The Bertz CT molecular complexity index is 1020. The van der Waals surface area contributed by atoms with Crippen molar-refractivity contribution in [2.45, 2.75) is 0 Å². The van der Waals surface area contributed by atoms with Gasteiger partial charge >= 0.3 is 0 Å². The van der Waals surface area contributed by atoms with Crippen molar-refractivity contribution in [2.24, 2.45) is 0 Å². The first-order valence-corrected chi connectivity index (χ1v) is 8.68. The molecule has 136 valence electrons. The maximum Gasteiger partial charge on any atom is 0.281 e. The number of benzene rings is 2. The van der Waals surface area contributed by atoms with Gasteiger partial charge in [0.2, 0.25) is 0 Å². The van der Waals surface area contributed by atoms with E-state index in [9.17, 15) is 14.9 Å². The van der Waals surface area contributed by atoms with Crippen molar-refractivity contribution in [3.05, 3.63) is 86.6 Å². The third-order valence-corrected chi connectivity index (χ3v) is 4.32. The fourth-order valence-corrected chi connectivity index (χ4v) is 2.81. The van der Waals surface area contributed by atoms with Crippen molar-refractivity contribution in [3.63, 3.8) is 0 Å². The molecule has 0 unspecified atom stereocenters. The number of allylic oxidation sites excluding steroid dienone is 1. The highest BCUT2D eigenvalue weighted by molar-refractivity contribution is 9.10. The number of ketones is 1. The van der Waals surface area contributed by atoms with Crippen molar-refractivity contribution in [1.29, 1.82) is 0 Å². The first-order valence-electron chi connectivity index (χ1n) is 7.88. The number of carbonyl (C=O) groups excluding carboxylic acids is 1. The molecule has 0 amide bonds. The van der Waals surface area contributed by atoms with Crippen LogP contribution < -0.4 is 4.74 Å². The average molecular weight is 428 g/mol. The third-order valence-electron chi connectivity index (χ3n) is 3.82. The van der Waals surface area contributed by atoms with Gasteiger partial charge in [-0.15, -0.1) is 0 Å². The van der Waals surface area contributed by atoms with E-state index in [0.29, 0.717) is 32.9 Å². The summed E-state index contributed by atoms with van der Waals surface area (Å²) >= 11 is 3.22. The van der Waals surface area contributed by atoms with Crippen molar-refractivity contribution in [1.82, 2.24) is 0 Å². The van der Waals surface area contributed by atoms with Crippen LogP contribution in [0, 0.1) is 10.1 Å². The lowest BCUT2D eigenvalue weighted by molar-refractivity contribution is -0.384. The Morgan fingerprint density at radius 2 is 1.89 bits per heavy atom. The maximum absolute atomic E-state index is 12.2. The van der Waals surface area contributed by atoms with Crippen molar-refractivity contribution >= 4 is 33.5 Å². The number of carbonyl (C=O) groups is 1. The number of rotatable bonds is 6. The molecule has 1 heterocycles. The van der Waals surface area contributed by atoms with Crippen molar-refractivity contribution < 1.29 is 18.9 Å². The molecule has 0 atom stereocenters. The monoisotopic (exact) mass is 427 g/mol. The van der Waals surface area contributed by atoms with Gasteiger partial charge in [-0.2, -0.15) is 0 Å². The summed E-state index contributed by atoms with van der Waals surface area (Å²) in [5.74, 6) is 1.25. The van der Waals surface area contributed by atoms with Crippen LogP contribution >= 0.6 is 15.9 Å². The number of nitro benzene ring substituents is 1. The zero-order valence-electron chi connectivity index (χ0n) is 14.2. The van der Waals surface area contributed by atoms with Crippen LogP contribution in [0.4, 0.5) is 5.69 Å². The first-order chi connectivity index (χ1) is 13.0. The van der Waals surface area contributed by atoms with E-state index in [1.807, 2.05) is 0 Å². The van der Waals surface area contributed by atoms with Gasteiger partial charge in [0.05, 0.1) is 17.6 Å². The van der Waals surface area contributed by atoms with Gasteiger partial charge in [0.25, 0.3) is 5.69 Å². The molecule has 0 N–H and O–H groups in total. The van der Waals surface area contributed by atoms with Crippen molar-refractivity contribution in [3.8, 4) is 17.1 Å². The molecule has 3 rings (SSSR count). The molecule has 6 nitrogen and oxygen atoms in total. The minimum Gasteiger partial charge on any atom is -0.497 e. The summed E-state index contributed by atoms with van der Waals surface area (Å²) in [7, 11) is 1.56. The summed E-state index contributed by atoms with van der Waals surface area (Å²) < 4.78 is 11.3. The summed E-state index contributed by atoms with van der Waals surface area (Å²) in [6.07, 6.45) is 2.92. The van der Waals surface area contributed by atoms with E-state index in [4.69, 9.17) is 9.15 Å². The molecular formula is C20H14BrNO5. The summed E-state index contributed by atoms with van der Waals surface area (Å²) in [6, 6.07) is 14.8. The molecule has 0 aliphatic heterocycles. The Labute approximate surface area is 163 Å². The topological polar surface area (TPSA) is 82.6 Å². The van der Waals surface area contributed by atoms with Gasteiger partial charge in [0, 0.05) is 16.1 Å². The zero-order chi connectivity index (χ0) is 19.4. The molecule has 1 aromatic heterocycles. The van der Waals surface area contributed by atoms with Gasteiger partial charge in [-0.25, -0.2) is 0 Å². The van der Waals surface area contributed by atoms with Gasteiger partial charge in [-0.1, -0.05) is 15.9 Å². The molecule has 7 heteroatoms. The van der Waals surface area contributed by atoms with Gasteiger partial charge in [-0.3, -0.25) is 14.9 Å². The second-order valence-electron chi connectivity index (χ2n) is 5.55. The Morgan fingerprint density at radius 3 is 2.56 bits per heavy atom. The number of nitro groups is 1. The molecule has 0 aliphatic rings.